The summed E-state index contributed by atoms with van der Waals surface area (Å²) in [6.45, 7) is 0. The minimum Gasteiger partial charge on any atom is -0.366 e. The van der Waals surface area contributed by atoms with E-state index in [2.05, 4.69) is 20.3 Å². The van der Waals surface area contributed by atoms with Gasteiger partial charge in [0.1, 0.15) is 12.7 Å². The molecule has 0 radical (unpaired) electrons. The number of rotatable bonds is 3. The summed E-state index contributed by atoms with van der Waals surface area (Å²) in [5, 5.41) is 2.93. The van der Waals surface area contributed by atoms with Crippen LogP contribution >= 0.6 is 0 Å². The van der Waals surface area contributed by atoms with Crippen molar-refractivity contribution in [3.63, 3.8) is 0 Å². The molecule has 0 aliphatic rings. The molecule has 2 rings (SSSR count). The average molecular weight is 215 g/mol. The Bertz CT molecular complexity index is 500. The molecule has 0 spiro atoms. The second-order valence-corrected chi connectivity index (χ2v) is 3.03. The third-order valence-corrected chi connectivity index (χ3v) is 1.90. The predicted molar refractivity (Wildman–Crippen MR) is 58.1 cm³/mol. The fourth-order valence-corrected chi connectivity index (χ4v) is 1.18. The van der Waals surface area contributed by atoms with Crippen LogP contribution in [-0.4, -0.2) is 20.9 Å². The van der Waals surface area contributed by atoms with E-state index in [9.17, 15) is 4.79 Å². The first-order valence-corrected chi connectivity index (χ1v) is 4.54. The summed E-state index contributed by atoms with van der Waals surface area (Å²) in [6.07, 6.45) is 2.76. The smallest absolute Gasteiger partial charge is 0.248 e. The zero-order valence-corrected chi connectivity index (χ0v) is 8.29. The van der Waals surface area contributed by atoms with E-state index in [4.69, 9.17) is 5.73 Å². The molecule has 80 valence electrons. The van der Waals surface area contributed by atoms with E-state index in [0.717, 1.165) is 0 Å². The summed E-state index contributed by atoms with van der Waals surface area (Å²) in [5.74, 6) is -0.0593. The standard InChI is InChI=1S/C10H9N5O/c11-9(16)7-2-1-3-8(4-7)15-10-13-5-12-6-14-10/h1-6H,(H2,11,16)(H,12,13,14,15). The number of nitrogens with one attached hydrogen (secondary N) is 1. The summed E-state index contributed by atoms with van der Waals surface area (Å²) in [5.41, 5.74) is 6.29. The van der Waals surface area contributed by atoms with Crippen LogP contribution in [0.3, 0.4) is 0 Å². The van der Waals surface area contributed by atoms with Crippen molar-refractivity contribution in [1.29, 1.82) is 0 Å². The largest absolute Gasteiger partial charge is 0.366 e. The molecule has 1 aromatic heterocycles. The van der Waals surface area contributed by atoms with Crippen molar-refractivity contribution in [3.05, 3.63) is 42.5 Å². The zero-order valence-electron chi connectivity index (χ0n) is 8.29. The molecule has 0 saturated heterocycles. The van der Waals surface area contributed by atoms with Gasteiger partial charge in [0.25, 0.3) is 0 Å². The average Bonchev–Trinajstić information content (AvgIpc) is 2.30. The second-order valence-electron chi connectivity index (χ2n) is 3.03. The topological polar surface area (TPSA) is 93.8 Å². The molecule has 2 aromatic rings. The first kappa shape index (κ1) is 10.0. The number of carbonyl (C=O) groups excluding carboxylic acids is 1. The molecule has 0 aliphatic carbocycles. The van der Waals surface area contributed by atoms with Crippen molar-refractivity contribution in [2.24, 2.45) is 5.73 Å². The number of hydrogen-bond acceptors (Lipinski definition) is 5. The molecule has 1 heterocycles. The third kappa shape index (κ3) is 2.30. The van der Waals surface area contributed by atoms with Gasteiger partial charge in [-0.25, -0.2) is 15.0 Å². The lowest BCUT2D eigenvalue weighted by Crippen LogP contribution is -2.11. The van der Waals surface area contributed by atoms with Gasteiger partial charge in [0.05, 0.1) is 0 Å². The molecule has 6 nitrogen and oxygen atoms in total. The molecule has 1 amide bonds. The van der Waals surface area contributed by atoms with Crippen molar-refractivity contribution >= 4 is 17.5 Å². The van der Waals surface area contributed by atoms with Gasteiger partial charge in [-0.3, -0.25) is 4.79 Å². The van der Waals surface area contributed by atoms with Crippen LogP contribution in [0, 0.1) is 0 Å². The molecular weight excluding hydrogens is 206 g/mol. The highest BCUT2D eigenvalue weighted by Crippen LogP contribution is 2.13. The maximum Gasteiger partial charge on any atom is 0.248 e. The van der Waals surface area contributed by atoms with Crippen molar-refractivity contribution in [1.82, 2.24) is 15.0 Å². The Morgan fingerprint density at radius 2 is 2.00 bits per heavy atom. The van der Waals surface area contributed by atoms with Crippen LogP contribution < -0.4 is 11.1 Å². The van der Waals surface area contributed by atoms with Crippen LogP contribution in [0.25, 0.3) is 0 Å². The fraction of sp³-hybridized carbons (Fsp3) is 0. The van der Waals surface area contributed by atoms with Gasteiger partial charge >= 0.3 is 0 Å². The van der Waals surface area contributed by atoms with Gasteiger partial charge in [-0.15, -0.1) is 0 Å². The van der Waals surface area contributed by atoms with E-state index in [-0.39, 0.29) is 0 Å². The van der Waals surface area contributed by atoms with Gasteiger partial charge in [-0.05, 0) is 18.2 Å². The Morgan fingerprint density at radius 1 is 1.25 bits per heavy atom. The molecular formula is C10H9N5O. The van der Waals surface area contributed by atoms with Crippen LogP contribution in [0.15, 0.2) is 36.9 Å². The summed E-state index contributed by atoms with van der Waals surface area (Å²) < 4.78 is 0. The lowest BCUT2D eigenvalue weighted by atomic mass is 10.2. The fourth-order valence-electron chi connectivity index (χ4n) is 1.18. The molecule has 3 N–H and O–H groups in total. The van der Waals surface area contributed by atoms with Crippen molar-refractivity contribution in [2.45, 2.75) is 0 Å². The number of primary amides is 1. The molecule has 0 fully saturated rings. The molecule has 0 unspecified atom stereocenters. The minimum atomic E-state index is -0.473. The lowest BCUT2D eigenvalue weighted by molar-refractivity contribution is 0.100. The molecule has 0 saturated carbocycles. The third-order valence-electron chi connectivity index (χ3n) is 1.90. The summed E-state index contributed by atoms with van der Waals surface area (Å²) in [6, 6.07) is 6.78. The van der Waals surface area contributed by atoms with Crippen molar-refractivity contribution in [2.75, 3.05) is 5.32 Å². The highest BCUT2D eigenvalue weighted by atomic mass is 16.1. The Labute approximate surface area is 91.6 Å². The van der Waals surface area contributed by atoms with Crippen LogP contribution in [0.5, 0.6) is 0 Å². The molecule has 0 bridgehead atoms. The van der Waals surface area contributed by atoms with E-state index in [1.165, 1.54) is 12.7 Å². The second kappa shape index (κ2) is 4.35. The number of amides is 1. The van der Waals surface area contributed by atoms with Crippen LogP contribution in [0.2, 0.25) is 0 Å². The van der Waals surface area contributed by atoms with Crippen molar-refractivity contribution < 1.29 is 4.79 Å². The van der Waals surface area contributed by atoms with Crippen LogP contribution in [0.4, 0.5) is 11.6 Å². The van der Waals surface area contributed by atoms with Gasteiger partial charge in [0, 0.05) is 11.3 Å². The Kier molecular flexibility index (Phi) is 2.73. The summed E-state index contributed by atoms with van der Waals surface area (Å²) in [4.78, 5) is 22.5. The minimum absolute atomic E-state index is 0.414. The van der Waals surface area contributed by atoms with Gasteiger partial charge < -0.3 is 11.1 Å². The number of aromatic nitrogens is 3. The van der Waals surface area contributed by atoms with Crippen LogP contribution in [-0.2, 0) is 0 Å². The Morgan fingerprint density at radius 3 is 2.69 bits per heavy atom. The summed E-state index contributed by atoms with van der Waals surface area (Å²) in [7, 11) is 0. The number of hydrogen-bond donors (Lipinski definition) is 2. The number of benzene rings is 1. The van der Waals surface area contributed by atoms with Gasteiger partial charge in [-0.2, -0.15) is 0 Å². The van der Waals surface area contributed by atoms with E-state index >= 15 is 0 Å². The number of nitrogens with zero attached hydrogens (tertiary/aromatic N) is 3. The molecule has 6 heteroatoms. The molecule has 0 atom stereocenters. The van der Waals surface area contributed by atoms with Gasteiger partial charge in [0.15, 0.2) is 0 Å². The van der Waals surface area contributed by atoms with Gasteiger partial charge in [0.2, 0.25) is 11.9 Å². The summed E-state index contributed by atoms with van der Waals surface area (Å²) >= 11 is 0. The Balaban J connectivity index is 2.22. The number of anilines is 2. The quantitative estimate of drug-likeness (QED) is 0.786. The maximum atomic E-state index is 11.0. The normalized spacial score (nSPS) is 9.75. The first-order valence-electron chi connectivity index (χ1n) is 4.54. The molecule has 1 aromatic carbocycles. The van der Waals surface area contributed by atoms with Crippen molar-refractivity contribution in [3.8, 4) is 0 Å². The number of carbonyl (C=O) groups is 1. The first-order chi connectivity index (χ1) is 7.75. The predicted octanol–water partition coefficient (Wildman–Crippen LogP) is 0.714. The molecule has 0 aliphatic heterocycles. The lowest BCUT2D eigenvalue weighted by Gasteiger charge is -2.04. The highest BCUT2D eigenvalue weighted by Gasteiger charge is 2.02. The SMILES string of the molecule is NC(=O)c1cccc(Nc2ncncn2)c1. The monoisotopic (exact) mass is 215 g/mol. The van der Waals surface area contributed by atoms with E-state index in [1.54, 1.807) is 24.3 Å². The van der Waals surface area contributed by atoms with Crippen LogP contribution in [0.1, 0.15) is 10.4 Å². The van der Waals surface area contributed by atoms with Gasteiger partial charge in [-0.1, -0.05) is 6.07 Å². The molecule has 16 heavy (non-hydrogen) atoms. The zero-order chi connectivity index (χ0) is 11.4. The van der Waals surface area contributed by atoms with E-state index in [1.807, 2.05) is 0 Å². The number of nitrogens with two attached hydrogens (primary N) is 1. The van der Waals surface area contributed by atoms with E-state index in [0.29, 0.717) is 17.2 Å². The maximum absolute atomic E-state index is 11.0. The highest BCUT2D eigenvalue weighted by molar-refractivity contribution is 5.93. The van der Waals surface area contributed by atoms with E-state index < -0.39 is 5.91 Å². The Hall–Kier alpha value is -2.50.